The van der Waals surface area contributed by atoms with Crippen LogP contribution in [0.2, 0.25) is 0 Å². The molecule has 0 aliphatic carbocycles. The van der Waals surface area contributed by atoms with E-state index in [1.165, 1.54) is 19.2 Å². The summed E-state index contributed by atoms with van der Waals surface area (Å²) in [5.41, 5.74) is -4.25. The number of carbonyl (C=O) groups is 1. The first-order valence-electron chi connectivity index (χ1n) is 5.69. The van der Waals surface area contributed by atoms with Crippen LogP contribution in [-0.4, -0.2) is 35.7 Å². The van der Waals surface area contributed by atoms with Crippen LogP contribution in [-0.2, 0) is 0 Å². The van der Waals surface area contributed by atoms with Crippen LogP contribution in [0.15, 0.2) is 18.2 Å². The minimum atomic E-state index is -4.34. The number of amides is 1. The fourth-order valence-corrected chi connectivity index (χ4v) is 1.91. The van der Waals surface area contributed by atoms with Crippen molar-refractivity contribution in [1.82, 2.24) is 5.32 Å². The van der Waals surface area contributed by atoms with E-state index in [0.29, 0.717) is 0 Å². The van der Waals surface area contributed by atoms with Gasteiger partial charge >= 0.3 is 5.51 Å². The molecule has 1 aromatic carbocycles. The third-order valence-electron chi connectivity index (χ3n) is 2.38. The Morgan fingerprint density at radius 3 is 2.62 bits per heavy atom. The number of nitro benzene ring substituents is 1. The molecule has 0 spiro atoms. The second kappa shape index (κ2) is 7.16. The minimum absolute atomic E-state index is 0.127. The number of hydrogen-bond acceptors (Lipinski definition) is 5. The molecule has 0 radical (unpaired) electrons. The Balaban J connectivity index is 2.65. The van der Waals surface area contributed by atoms with Crippen molar-refractivity contribution in [3.8, 4) is 0 Å². The molecule has 0 aliphatic rings. The van der Waals surface area contributed by atoms with Crippen LogP contribution in [0, 0.1) is 10.1 Å². The lowest BCUT2D eigenvalue weighted by Gasteiger charge is -2.08. The third-order valence-corrected chi connectivity index (χ3v) is 3.11. The van der Waals surface area contributed by atoms with Gasteiger partial charge in [0.2, 0.25) is 0 Å². The Labute approximate surface area is 122 Å². The van der Waals surface area contributed by atoms with Crippen LogP contribution < -0.4 is 10.6 Å². The standard InChI is InChI=1S/C11H12F3N3O3S/c1-15-8-6-7(2-3-9(8)17(19)20)10(18)16-4-5-21-11(12,13)14/h2-3,6,15H,4-5H2,1H3,(H,16,18). The van der Waals surface area contributed by atoms with Gasteiger partial charge in [-0.25, -0.2) is 0 Å². The molecule has 1 rings (SSSR count). The number of nitro groups is 1. The summed E-state index contributed by atoms with van der Waals surface area (Å²) in [5, 5.41) is 15.6. The molecule has 0 atom stereocenters. The Kier molecular flexibility index (Phi) is 5.82. The highest BCUT2D eigenvalue weighted by Crippen LogP contribution is 2.29. The molecule has 0 unspecified atom stereocenters. The Hall–Kier alpha value is -1.97. The molecule has 1 amide bonds. The SMILES string of the molecule is CNc1cc(C(=O)NCCSC(F)(F)F)ccc1[N+](=O)[O-]. The normalized spacial score (nSPS) is 11.0. The fraction of sp³-hybridized carbons (Fsp3) is 0.364. The zero-order valence-electron chi connectivity index (χ0n) is 10.9. The highest BCUT2D eigenvalue weighted by molar-refractivity contribution is 8.00. The molecular weight excluding hydrogens is 311 g/mol. The van der Waals surface area contributed by atoms with E-state index >= 15 is 0 Å². The lowest BCUT2D eigenvalue weighted by Crippen LogP contribution is -2.26. The molecule has 0 bridgehead atoms. The van der Waals surface area contributed by atoms with E-state index in [0.717, 1.165) is 6.07 Å². The Morgan fingerprint density at radius 2 is 2.10 bits per heavy atom. The van der Waals surface area contributed by atoms with Gasteiger partial charge in [0.1, 0.15) is 5.69 Å². The molecule has 0 saturated heterocycles. The largest absolute Gasteiger partial charge is 0.441 e. The molecule has 6 nitrogen and oxygen atoms in total. The monoisotopic (exact) mass is 323 g/mol. The highest BCUT2D eigenvalue weighted by Gasteiger charge is 2.27. The number of alkyl halides is 3. The quantitative estimate of drug-likeness (QED) is 0.477. The number of anilines is 1. The topological polar surface area (TPSA) is 84.3 Å². The van der Waals surface area contributed by atoms with E-state index in [2.05, 4.69) is 10.6 Å². The van der Waals surface area contributed by atoms with E-state index in [4.69, 9.17) is 0 Å². The number of nitrogens with one attached hydrogen (secondary N) is 2. The molecule has 2 N–H and O–H groups in total. The van der Waals surface area contributed by atoms with Crippen molar-refractivity contribution in [1.29, 1.82) is 0 Å². The van der Waals surface area contributed by atoms with Crippen LogP contribution in [0.25, 0.3) is 0 Å². The number of thioether (sulfide) groups is 1. The van der Waals surface area contributed by atoms with Crippen LogP contribution in [0.4, 0.5) is 24.5 Å². The summed E-state index contributed by atoms with van der Waals surface area (Å²) in [7, 11) is 1.46. The number of halogens is 3. The zero-order valence-corrected chi connectivity index (χ0v) is 11.7. The molecule has 10 heteroatoms. The van der Waals surface area contributed by atoms with Crippen LogP contribution in [0.5, 0.6) is 0 Å². The summed E-state index contributed by atoms with van der Waals surface area (Å²) in [4.78, 5) is 21.8. The van der Waals surface area contributed by atoms with Gasteiger partial charge in [0.25, 0.3) is 11.6 Å². The van der Waals surface area contributed by atoms with Crippen LogP contribution >= 0.6 is 11.8 Å². The molecule has 0 heterocycles. The van der Waals surface area contributed by atoms with Gasteiger partial charge in [-0.05, 0) is 23.9 Å². The Morgan fingerprint density at radius 1 is 1.43 bits per heavy atom. The lowest BCUT2D eigenvalue weighted by molar-refractivity contribution is -0.383. The number of rotatable bonds is 6. The van der Waals surface area contributed by atoms with Gasteiger partial charge in [-0.3, -0.25) is 14.9 Å². The summed E-state index contributed by atoms with van der Waals surface area (Å²) >= 11 is -0.232. The maximum atomic E-state index is 11.9. The second-order valence-corrected chi connectivity index (χ2v) is 4.95. The number of benzene rings is 1. The van der Waals surface area contributed by atoms with Gasteiger partial charge in [-0.1, -0.05) is 0 Å². The van der Waals surface area contributed by atoms with E-state index < -0.39 is 16.3 Å². The van der Waals surface area contributed by atoms with E-state index in [-0.39, 0.29) is 41.0 Å². The van der Waals surface area contributed by atoms with Crippen LogP contribution in [0.3, 0.4) is 0 Å². The van der Waals surface area contributed by atoms with Crippen molar-refractivity contribution < 1.29 is 22.9 Å². The molecule has 1 aromatic rings. The number of hydrogen-bond donors (Lipinski definition) is 2. The van der Waals surface area contributed by atoms with Crippen LogP contribution in [0.1, 0.15) is 10.4 Å². The maximum Gasteiger partial charge on any atom is 0.441 e. The van der Waals surface area contributed by atoms with Crippen molar-refractivity contribution in [3.05, 3.63) is 33.9 Å². The lowest BCUT2D eigenvalue weighted by atomic mass is 10.1. The summed E-state index contributed by atoms with van der Waals surface area (Å²) in [5.74, 6) is -0.898. The highest BCUT2D eigenvalue weighted by atomic mass is 32.2. The maximum absolute atomic E-state index is 11.9. The predicted molar refractivity (Wildman–Crippen MR) is 73.5 cm³/mol. The summed E-state index contributed by atoms with van der Waals surface area (Å²) in [6.07, 6.45) is 0. The van der Waals surface area contributed by atoms with Crippen molar-refractivity contribution in [3.63, 3.8) is 0 Å². The fourth-order valence-electron chi connectivity index (χ4n) is 1.47. The van der Waals surface area contributed by atoms with Crippen molar-refractivity contribution >= 4 is 29.0 Å². The first-order chi connectivity index (χ1) is 9.74. The molecule has 0 saturated carbocycles. The van der Waals surface area contributed by atoms with E-state index in [1.807, 2.05) is 0 Å². The minimum Gasteiger partial charge on any atom is -0.383 e. The first kappa shape index (κ1) is 17.1. The predicted octanol–water partition coefficient (Wildman–Crippen LogP) is 2.62. The molecule has 116 valence electrons. The van der Waals surface area contributed by atoms with Gasteiger partial charge in [0.15, 0.2) is 0 Å². The van der Waals surface area contributed by atoms with E-state index in [9.17, 15) is 28.1 Å². The van der Waals surface area contributed by atoms with Gasteiger partial charge in [0, 0.05) is 31.0 Å². The summed E-state index contributed by atoms with van der Waals surface area (Å²) in [6.45, 7) is -0.158. The van der Waals surface area contributed by atoms with Gasteiger partial charge in [-0.15, -0.1) is 0 Å². The second-order valence-electron chi connectivity index (χ2n) is 3.79. The molecular formula is C11H12F3N3O3S. The van der Waals surface area contributed by atoms with Crippen molar-refractivity contribution in [2.24, 2.45) is 0 Å². The van der Waals surface area contributed by atoms with Crippen molar-refractivity contribution in [2.75, 3.05) is 24.7 Å². The summed E-state index contributed by atoms with van der Waals surface area (Å²) < 4.78 is 35.7. The third kappa shape index (κ3) is 5.50. The zero-order chi connectivity index (χ0) is 16.0. The van der Waals surface area contributed by atoms with Gasteiger partial charge in [0.05, 0.1) is 4.92 Å². The molecule has 0 fully saturated rings. The number of nitrogens with zero attached hydrogens (tertiary/aromatic N) is 1. The Bertz CT molecular complexity index is 537. The van der Waals surface area contributed by atoms with Gasteiger partial charge < -0.3 is 10.6 Å². The average molecular weight is 323 g/mol. The average Bonchev–Trinajstić information content (AvgIpc) is 2.41. The first-order valence-corrected chi connectivity index (χ1v) is 6.68. The summed E-state index contributed by atoms with van der Waals surface area (Å²) in [6, 6.07) is 3.67. The molecule has 0 aromatic heterocycles. The van der Waals surface area contributed by atoms with Gasteiger partial charge in [-0.2, -0.15) is 13.2 Å². The molecule has 0 aliphatic heterocycles. The smallest absolute Gasteiger partial charge is 0.383 e. The van der Waals surface area contributed by atoms with Crippen molar-refractivity contribution in [2.45, 2.75) is 5.51 Å². The molecule has 21 heavy (non-hydrogen) atoms. The van der Waals surface area contributed by atoms with E-state index in [1.54, 1.807) is 0 Å². The number of carbonyl (C=O) groups excluding carboxylic acids is 1.